The Morgan fingerprint density at radius 1 is 1.36 bits per heavy atom. The van der Waals surface area contributed by atoms with Gasteiger partial charge in [-0.1, -0.05) is 0 Å². The summed E-state index contributed by atoms with van der Waals surface area (Å²) in [5, 5.41) is 7.67. The van der Waals surface area contributed by atoms with Crippen LogP contribution in [0.5, 0.6) is 0 Å². The van der Waals surface area contributed by atoms with Gasteiger partial charge in [0.1, 0.15) is 0 Å². The van der Waals surface area contributed by atoms with E-state index in [0.717, 1.165) is 43.2 Å². The summed E-state index contributed by atoms with van der Waals surface area (Å²) in [6, 6.07) is 0.0351. The predicted octanol–water partition coefficient (Wildman–Crippen LogP) is 2.34. The van der Waals surface area contributed by atoms with Crippen LogP contribution in [0.3, 0.4) is 0 Å². The van der Waals surface area contributed by atoms with Crippen molar-refractivity contribution in [2.45, 2.75) is 45.6 Å². The maximum Gasteiger partial charge on any atom is 0.237 e. The number of hydrogen-bond donors (Lipinski definition) is 2. The predicted molar refractivity (Wildman–Crippen MR) is 108 cm³/mol. The molecule has 0 aliphatic carbocycles. The third-order valence-electron chi connectivity index (χ3n) is 5.42. The number of carbonyl (C=O) groups excluding carboxylic acids is 1. The second-order valence-corrected chi connectivity index (χ2v) is 8.46. The lowest BCUT2D eigenvalue weighted by Crippen LogP contribution is -2.42. The molecule has 3 heterocycles. The maximum absolute atomic E-state index is 12.6. The van der Waals surface area contributed by atoms with Crippen molar-refractivity contribution in [1.82, 2.24) is 20.5 Å². The fourth-order valence-corrected chi connectivity index (χ4v) is 4.87. The van der Waals surface area contributed by atoms with E-state index in [4.69, 9.17) is 0 Å². The number of piperidine rings is 1. The largest absolute Gasteiger partial charge is 0.354 e. The van der Waals surface area contributed by atoms with E-state index in [0.29, 0.717) is 12.0 Å². The smallest absolute Gasteiger partial charge is 0.237 e. The first-order chi connectivity index (χ1) is 11.0. The molecule has 1 spiro atoms. The van der Waals surface area contributed by atoms with Gasteiger partial charge in [-0.05, 0) is 58.7 Å². The lowest BCUT2D eigenvalue weighted by atomic mass is 9.77. The second kappa shape index (κ2) is 9.51. The summed E-state index contributed by atoms with van der Waals surface area (Å²) in [6.45, 7) is 8.05. The van der Waals surface area contributed by atoms with Crippen LogP contribution in [-0.4, -0.2) is 55.1 Å². The zero-order valence-electron chi connectivity index (χ0n) is 15.3. The molecule has 1 aromatic heterocycles. The molecule has 0 aromatic carbocycles. The SMILES string of the molecule is Cc1nc(CCNC(=O)C2CC3(CCNCC3)CN2C)sc1C.Cl.Cl. The van der Waals surface area contributed by atoms with Gasteiger partial charge in [-0.2, -0.15) is 0 Å². The van der Waals surface area contributed by atoms with Gasteiger partial charge >= 0.3 is 0 Å². The minimum atomic E-state index is 0. The molecule has 1 amide bonds. The molecule has 144 valence electrons. The molecule has 25 heavy (non-hydrogen) atoms. The maximum atomic E-state index is 12.6. The first kappa shape index (κ1) is 22.6. The number of nitrogens with zero attached hydrogens (tertiary/aromatic N) is 2. The number of carbonyl (C=O) groups is 1. The molecule has 8 heteroatoms. The van der Waals surface area contributed by atoms with Crippen LogP contribution in [0.15, 0.2) is 0 Å². The average molecular weight is 409 g/mol. The van der Waals surface area contributed by atoms with Crippen LogP contribution in [0.4, 0.5) is 0 Å². The number of aryl methyl sites for hydroxylation is 2. The molecule has 5 nitrogen and oxygen atoms in total. The summed E-state index contributed by atoms with van der Waals surface area (Å²) in [6.07, 6.45) is 4.22. The van der Waals surface area contributed by atoms with E-state index in [2.05, 4.69) is 34.5 Å². The van der Waals surface area contributed by atoms with Crippen molar-refractivity contribution in [2.24, 2.45) is 5.41 Å². The van der Waals surface area contributed by atoms with Crippen LogP contribution >= 0.6 is 36.2 Å². The van der Waals surface area contributed by atoms with Gasteiger partial charge in [0.05, 0.1) is 16.7 Å². The number of hydrogen-bond acceptors (Lipinski definition) is 5. The number of halogens is 2. The Morgan fingerprint density at radius 3 is 2.64 bits per heavy atom. The zero-order chi connectivity index (χ0) is 16.4. The number of nitrogens with one attached hydrogen (secondary N) is 2. The topological polar surface area (TPSA) is 57.3 Å². The molecule has 2 aliphatic heterocycles. The third kappa shape index (κ3) is 5.30. The molecule has 0 radical (unpaired) electrons. The molecule has 2 saturated heterocycles. The average Bonchev–Trinajstić information content (AvgIpc) is 3.00. The van der Waals surface area contributed by atoms with Crippen molar-refractivity contribution in [2.75, 3.05) is 33.2 Å². The Hall–Kier alpha value is -0.400. The monoisotopic (exact) mass is 408 g/mol. The number of amides is 1. The minimum absolute atomic E-state index is 0. The molecular weight excluding hydrogens is 379 g/mol. The van der Waals surface area contributed by atoms with Gasteiger partial charge in [-0.15, -0.1) is 36.2 Å². The van der Waals surface area contributed by atoms with E-state index in [-0.39, 0.29) is 36.8 Å². The molecule has 0 saturated carbocycles. The fourth-order valence-electron chi connectivity index (χ4n) is 3.94. The van der Waals surface area contributed by atoms with E-state index in [1.165, 1.54) is 17.7 Å². The minimum Gasteiger partial charge on any atom is -0.354 e. The molecule has 3 rings (SSSR count). The third-order valence-corrected chi connectivity index (χ3v) is 6.55. The van der Waals surface area contributed by atoms with Gasteiger partial charge in [0, 0.05) is 24.4 Å². The molecule has 2 fully saturated rings. The Morgan fingerprint density at radius 2 is 2.04 bits per heavy atom. The molecular formula is C17H30Cl2N4OS. The first-order valence-corrected chi connectivity index (χ1v) is 9.42. The van der Waals surface area contributed by atoms with Gasteiger partial charge < -0.3 is 10.6 Å². The highest BCUT2D eigenvalue weighted by molar-refractivity contribution is 7.11. The zero-order valence-corrected chi connectivity index (χ0v) is 17.7. The highest BCUT2D eigenvalue weighted by Crippen LogP contribution is 2.41. The summed E-state index contributed by atoms with van der Waals surface area (Å²) in [5.41, 5.74) is 1.46. The van der Waals surface area contributed by atoms with E-state index in [9.17, 15) is 4.79 Å². The standard InChI is InChI=1S/C17H28N4OS.2ClH/c1-12-13(2)23-15(20-12)4-7-19-16(22)14-10-17(11-21(14)3)5-8-18-9-6-17;;/h14,18H,4-11H2,1-3H3,(H,19,22);2*1H. The summed E-state index contributed by atoms with van der Waals surface area (Å²) in [5.74, 6) is 0.188. The molecule has 1 aromatic rings. The van der Waals surface area contributed by atoms with Gasteiger partial charge in [-0.3, -0.25) is 9.69 Å². The molecule has 2 aliphatic rings. The van der Waals surface area contributed by atoms with Gasteiger partial charge in [0.15, 0.2) is 0 Å². The van der Waals surface area contributed by atoms with Gasteiger partial charge in [-0.25, -0.2) is 4.98 Å². The number of thiazole rings is 1. The van der Waals surface area contributed by atoms with Crippen LogP contribution in [0.2, 0.25) is 0 Å². The van der Waals surface area contributed by atoms with E-state index < -0.39 is 0 Å². The molecule has 1 unspecified atom stereocenters. The Kier molecular flexibility index (Phi) is 8.61. The van der Waals surface area contributed by atoms with E-state index >= 15 is 0 Å². The molecule has 1 atom stereocenters. The Balaban J connectivity index is 0.00000156. The summed E-state index contributed by atoms with van der Waals surface area (Å²) in [7, 11) is 2.09. The van der Waals surface area contributed by atoms with Crippen LogP contribution in [0, 0.1) is 19.3 Å². The number of likely N-dealkylation sites (tertiary alicyclic amines) is 1. The normalized spacial score (nSPS) is 22.3. The number of likely N-dealkylation sites (N-methyl/N-ethyl adjacent to an activating group) is 1. The fraction of sp³-hybridized carbons (Fsp3) is 0.765. The van der Waals surface area contributed by atoms with Crippen LogP contribution in [0.25, 0.3) is 0 Å². The van der Waals surface area contributed by atoms with Crippen molar-refractivity contribution < 1.29 is 4.79 Å². The van der Waals surface area contributed by atoms with E-state index in [1.54, 1.807) is 11.3 Å². The van der Waals surface area contributed by atoms with Crippen molar-refractivity contribution in [3.05, 3.63) is 15.6 Å². The first-order valence-electron chi connectivity index (χ1n) is 8.61. The second-order valence-electron chi connectivity index (χ2n) is 7.18. The van der Waals surface area contributed by atoms with Crippen molar-refractivity contribution in [3.8, 4) is 0 Å². The van der Waals surface area contributed by atoms with Crippen LogP contribution in [0.1, 0.15) is 34.8 Å². The van der Waals surface area contributed by atoms with Crippen molar-refractivity contribution in [3.63, 3.8) is 0 Å². The van der Waals surface area contributed by atoms with Gasteiger partial charge in [0.25, 0.3) is 0 Å². The van der Waals surface area contributed by atoms with Gasteiger partial charge in [0.2, 0.25) is 5.91 Å². The van der Waals surface area contributed by atoms with Crippen molar-refractivity contribution >= 4 is 42.1 Å². The summed E-state index contributed by atoms with van der Waals surface area (Å²) < 4.78 is 0. The quantitative estimate of drug-likeness (QED) is 0.802. The van der Waals surface area contributed by atoms with Crippen molar-refractivity contribution in [1.29, 1.82) is 0 Å². The summed E-state index contributed by atoms with van der Waals surface area (Å²) in [4.78, 5) is 20.6. The van der Waals surface area contributed by atoms with Crippen LogP contribution in [-0.2, 0) is 11.2 Å². The number of aromatic nitrogens is 1. The summed E-state index contributed by atoms with van der Waals surface area (Å²) >= 11 is 1.74. The van der Waals surface area contributed by atoms with E-state index in [1.807, 2.05) is 6.92 Å². The Labute approximate surface area is 167 Å². The molecule has 2 N–H and O–H groups in total. The lowest BCUT2D eigenvalue weighted by Gasteiger charge is -2.33. The number of rotatable bonds is 4. The highest BCUT2D eigenvalue weighted by Gasteiger charge is 2.45. The Bertz CT molecular complexity index is 555. The van der Waals surface area contributed by atoms with Crippen LogP contribution < -0.4 is 10.6 Å². The lowest BCUT2D eigenvalue weighted by molar-refractivity contribution is -0.125. The molecule has 0 bridgehead atoms. The highest BCUT2D eigenvalue weighted by atomic mass is 35.5.